The Bertz CT molecular complexity index is 186. The molecule has 0 heterocycles. The summed E-state index contributed by atoms with van der Waals surface area (Å²) in [6, 6.07) is 0. The molecule has 0 rings (SSSR count). The van der Waals surface area contributed by atoms with Crippen molar-refractivity contribution in [2.45, 2.75) is 43.8 Å². The van der Waals surface area contributed by atoms with Crippen molar-refractivity contribution >= 4 is 5.97 Å². The van der Waals surface area contributed by atoms with E-state index in [-0.39, 0.29) is 11.5 Å². The van der Waals surface area contributed by atoms with Crippen LogP contribution in [-0.2, 0) is 71.3 Å². The van der Waals surface area contributed by atoms with Crippen molar-refractivity contribution in [1.29, 1.82) is 0 Å². The van der Waals surface area contributed by atoms with E-state index in [9.17, 15) is 4.79 Å². The molecule has 26 heavy (non-hydrogen) atoms. The van der Waals surface area contributed by atoms with Gasteiger partial charge in [0.1, 0.15) is 0 Å². The van der Waals surface area contributed by atoms with Crippen LogP contribution in [0.5, 0.6) is 0 Å². The Morgan fingerprint density at radius 1 is 0.962 bits per heavy atom. The first kappa shape index (κ1) is 41.2. The van der Waals surface area contributed by atoms with Crippen molar-refractivity contribution in [3.8, 4) is 0 Å². The molecule has 172 valence electrons. The van der Waals surface area contributed by atoms with Gasteiger partial charge in [0, 0.05) is 28.4 Å². The molecule has 0 saturated carbocycles. The van der Waals surface area contributed by atoms with Crippen LogP contribution in [0.25, 0.3) is 0 Å². The van der Waals surface area contributed by atoms with Crippen molar-refractivity contribution in [1.82, 2.24) is 0 Å². The number of carbonyl (C=O) groups is 1. The number of rotatable bonds is 6. The van der Waals surface area contributed by atoms with Gasteiger partial charge in [0.25, 0.3) is 0 Å². The molecule has 0 saturated heterocycles. The summed E-state index contributed by atoms with van der Waals surface area (Å²) in [6.07, 6.45) is 3.62. The van der Waals surface area contributed by atoms with E-state index in [1.54, 1.807) is 28.4 Å². The third-order valence-corrected chi connectivity index (χ3v) is 2.00. The Hall–Kier alpha value is 0.709. The molecule has 0 amide bonds. The summed E-state index contributed by atoms with van der Waals surface area (Å²) in [4.78, 5) is 17.8. The topological polar surface area (TPSA) is 135 Å². The first-order valence-electron chi connectivity index (χ1n) is 7.12. The zero-order valence-electron chi connectivity index (χ0n) is 16.2. The molecule has 0 aromatic carbocycles. The fraction of sp³-hybridized carbons (Fsp3) is 0.929. The molecule has 1 unspecified atom stereocenters. The third kappa shape index (κ3) is 73.9. The fourth-order valence-electron chi connectivity index (χ4n) is 1.01. The summed E-state index contributed by atoms with van der Waals surface area (Å²) in [6.45, 7) is 3.98. The summed E-state index contributed by atoms with van der Waals surface area (Å²) in [5.74, 6) is -0.624. The van der Waals surface area contributed by atoms with Crippen molar-refractivity contribution in [2.75, 3.05) is 34.0 Å². The van der Waals surface area contributed by atoms with Crippen molar-refractivity contribution in [2.24, 2.45) is 5.92 Å². The molecule has 0 aliphatic carbocycles. The predicted molar refractivity (Wildman–Crippen MR) is 86.5 cm³/mol. The second-order valence-electron chi connectivity index (χ2n) is 3.78. The van der Waals surface area contributed by atoms with Crippen LogP contribution >= 0.6 is 0 Å². The van der Waals surface area contributed by atoms with Crippen LogP contribution in [0.15, 0.2) is 0 Å². The van der Waals surface area contributed by atoms with Gasteiger partial charge in [-0.15, -0.1) is 0 Å². The molecule has 4 N–H and O–H groups in total. The Morgan fingerprint density at radius 3 is 1.42 bits per heavy atom. The number of ether oxygens (including phenoxy) is 2. The maximum absolute atomic E-state index is 10.8. The van der Waals surface area contributed by atoms with Gasteiger partial charge in [-0.2, -0.15) is 5.26 Å². The van der Waals surface area contributed by atoms with Gasteiger partial charge in [0.2, 0.25) is 0 Å². The van der Waals surface area contributed by atoms with Gasteiger partial charge in [-0.05, 0) is 12.8 Å². The molecule has 0 spiro atoms. The summed E-state index contributed by atoms with van der Waals surface area (Å²) < 4.78 is 9.12. The standard InChI is InChI=1S/C8H16O3.2C2H6O.CH3O2.CH2.3Co.H2O2/c1-3-5-6-7(4-2)8(9)11-10;3*1-3-2;;;;;1-2/h7,10H,3-6H2,1-2H3;2*1-2H3;2H,1H2;1H2;;;;1-2H. The molecule has 0 bridgehead atoms. The molecule has 1 atom stereocenters. The van der Waals surface area contributed by atoms with Gasteiger partial charge in [-0.25, -0.2) is 4.79 Å². The van der Waals surface area contributed by atoms with E-state index in [1.807, 2.05) is 6.92 Å². The Kier molecular flexibility index (Phi) is 89.0. The maximum atomic E-state index is 10.8. The van der Waals surface area contributed by atoms with Crippen LogP contribution in [0.3, 0.4) is 0 Å². The molecule has 0 aliphatic heterocycles. The summed E-state index contributed by atoms with van der Waals surface area (Å²) in [5, 5.41) is 27.4. The van der Waals surface area contributed by atoms with Gasteiger partial charge in [0.15, 0.2) is 0 Å². The van der Waals surface area contributed by atoms with Gasteiger partial charge < -0.3 is 14.4 Å². The van der Waals surface area contributed by atoms with Gasteiger partial charge in [0.05, 0.1) is 5.92 Å². The van der Waals surface area contributed by atoms with E-state index in [0.29, 0.717) is 4.29 Å². The predicted octanol–water partition coefficient (Wildman–Crippen LogP) is 3.20. The van der Waals surface area contributed by atoms with Crippen LogP contribution < -0.4 is 0 Å². The quantitative estimate of drug-likeness (QED) is 0.305. The molecule has 0 aromatic rings. The van der Waals surface area contributed by atoms with Crippen LogP contribution in [-0.4, -0.2) is 61.0 Å². The molecule has 12 heteroatoms. The van der Waals surface area contributed by atoms with Gasteiger partial charge in [-0.1, -0.05) is 26.7 Å². The number of hydrogen-bond acceptors (Lipinski definition) is 9. The number of methoxy groups -OCH3 is 2. The minimum atomic E-state index is -0.499. The molecule has 0 radical (unpaired) electrons. The second-order valence-corrected chi connectivity index (χ2v) is 5.34. The van der Waals surface area contributed by atoms with Crippen molar-refractivity contribution in [3.63, 3.8) is 0 Å². The van der Waals surface area contributed by atoms with E-state index in [1.165, 1.54) is 0 Å². The molecule has 0 aliphatic rings. The van der Waals surface area contributed by atoms with Crippen molar-refractivity contribution < 1.29 is 92.3 Å². The van der Waals surface area contributed by atoms with Crippen LogP contribution in [0.1, 0.15) is 39.5 Å². The average molecular weight is 524 g/mol. The third-order valence-electron chi connectivity index (χ3n) is 1.87. The van der Waals surface area contributed by atoms with E-state index >= 15 is 0 Å². The molecular weight excluding hydrogens is 489 g/mol. The SMILES string of the molecule is CCCCC(CC)C(=O)OO.COC.COC.OO.OO[CH2][Co].[Co][CH2][Co]. The molecule has 9 nitrogen and oxygen atoms in total. The number of unbranched alkanes of at least 4 members (excludes halogenated alkanes) is 1. The van der Waals surface area contributed by atoms with E-state index in [0.717, 1.165) is 25.7 Å². The monoisotopic (exact) mass is 524 g/mol. The van der Waals surface area contributed by atoms with Gasteiger partial charge >= 0.3 is 73.2 Å². The molecule has 0 fully saturated rings. The van der Waals surface area contributed by atoms with Crippen LogP contribution in [0.4, 0.5) is 0 Å². The molecular formula is C14H35Co3O9. The summed E-state index contributed by atoms with van der Waals surface area (Å²) in [5.41, 5.74) is 0.0625. The van der Waals surface area contributed by atoms with E-state index < -0.39 is 5.97 Å². The first-order chi connectivity index (χ1) is 12.4. The summed E-state index contributed by atoms with van der Waals surface area (Å²) in [7, 11) is 6.50. The van der Waals surface area contributed by atoms with Crippen molar-refractivity contribution in [3.05, 3.63) is 0 Å². The first-order valence-corrected chi connectivity index (χ1v) is 9.33. The van der Waals surface area contributed by atoms with Crippen LogP contribution in [0, 0.1) is 5.92 Å². The zero-order valence-corrected chi connectivity index (χ0v) is 19.3. The Balaban J connectivity index is -0.0000000553. The summed E-state index contributed by atoms with van der Waals surface area (Å²) >= 11 is 10.9. The minimum absolute atomic E-state index is 0.0625. The van der Waals surface area contributed by atoms with E-state index in [2.05, 4.69) is 73.4 Å². The van der Waals surface area contributed by atoms with Crippen LogP contribution in [0.2, 0.25) is 4.29 Å². The fourth-order valence-corrected chi connectivity index (χ4v) is 1.01. The average Bonchev–Trinajstić information content (AvgIpc) is 2.66. The van der Waals surface area contributed by atoms with Gasteiger partial charge in [-0.3, -0.25) is 10.5 Å². The Morgan fingerprint density at radius 2 is 1.27 bits per heavy atom. The van der Waals surface area contributed by atoms with E-state index in [4.69, 9.17) is 21.0 Å². The second kappa shape index (κ2) is 56.2. The Labute approximate surface area is 181 Å². The molecule has 0 aromatic heterocycles. The number of hydrogen-bond donors (Lipinski definition) is 4. The zero-order chi connectivity index (χ0) is 22.2. The normalized spacial score (nSPS) is 8.92. The number of carbonyl (C=O) groups excluding carboxylic acids is 1.